The molecule has 0 unspecified atom stereocenters. The number of nitriles is 1. The molecule has 0 heterocycles. The SMILES string of the molecule is CN(C)c1ccc2cc(/C=C(\C#N)C(N)=O)ccc2c1. The van der Waals surface area contributed by atoms with E-state index in [1.165, 1.54) is 6.08 Å². The molecule has 4 heteroatoms. The van der Waals surface area contributed by atoms with E-state index < -0.39 is 5.91 Å². The number of anilines is 1. The van der Waals surface area contributed by atoms with Crippen molar-refractivity contribution in [1.82, 2.24) is 0 Å². The summed E-state index contributed by atoms with van der Waals surface area (Å²) < 4.78 is 0. The Kier molecular flexibility index (Phi) is 3.72. The maximum Gasteiger partial charge on any atom is 0.259 e. The number of fused-ring (bicyclic) bond motifs is 1. The summed E-state index contributed by atoms with van der Waals surface area (Å²) in [4.78, 5) is 13.1. The monoisotopic (exact) mass is 265 g/mol. The second-order valence-corrected chi connectivity index (χ2v) is 4.72. The summed E-state index contributed by atoms with van der Waals surface area (Å²) in [5, 5.41) is 11.0. The molecule has 0 bridgehead atoms. The summed E-state index contributed by atoms with van der Waals surface area (Å²) in [6.45, 7) is 0. The Labute approximate surface area is 117 Å². The Morgan fingerprint density at radius 2 is 1.85 bits per heavy atom. The van der Waals surface area contributed by atoms with E-state index in [9.17, 15) is 4.79 Å². The fraction of sp³-hybridized carbons (Fsp3) is 0.125. The molecule has 100 valence electrons. The minimum absolute atomic E-state index is 0.0470. The molecule has 0 aliphatic rings. The smallest absolute Gasteiger partial charge is 0.259 e. The summed E-state index contributed by atoms with van der Waals surface area (Å²) in [5.41, 5.74) is 6.98. The third kappa shape index (κ3) is 2.78. The molecule has 4 nitrogen and oxygen atoms in total. The van der Waals surface area contributed by atoms with Crippen molar-refractivity contribution in [3.05, 3.63) is 47.5 Å². The number of carbonyl (C=O) groups excluding carboxylic acids is 1. The van der Waals surface area contributed by atoms with Gasteiger partial charge in [0.05, 0.1) is 0 Å². The van der Waals surface area contributed by atoms with Gasteiger partial charge in [0.1, 0.15) is 11.6 Å². The van der Waals surface area contributed by atoms with E-state index in [1.54, 1.807) is 6.07 Å². The van der Waals surface area contributed by atoms with Gasteiger partial charge in [0.2, 0.25) is 0 Å². The van der Waals surface area contributed by atoms with Crippen LogP contribution in [0.3, 0.4) is 0 Å². The second-order valence-electron chi connectivity index (χ2n) is 4.72. The van der Waals surface area contributed by atoms with Gasteiger partial charge in [0, 0.05) is 19.8 Å². The van der Waals surface area contributed by atoms with Gasteiger partial charge >= 0.3 is 0 Å². The van der Waals surface area contributed by atoms with Crippen molar-refractivity contribution >= 4 is 28.4 Å². The van der Waals surface area contributed by atoms with E-state index >= 15 is 0 Å². The van der Waals surface area contributed by atoms with Gasteiger partial charge in [-0.3, -0.25) is 4.79 Å². The standard InChI is InChI=1S/C16H15N3O/c1-19(2)15-6-5-12-7-11(3-4-13(12)9-15)8-14(10-17)16(18)20/h3-9H,1-2H3,(H2,18,20)/b14-8+. The fourth-order valence-electron chi connectivity index (χ4n) is 1.94. The highest BCUT2D eigenvalue weighted by atomic mass is 16.1. The highest BCUT2D eigenvalue weighted by Crippen LogP contribution is 2.23. The van der Waals surface area contributed by atoms with Gasteiger partial charge in [-0.2, -0.15) is 5.26 Å². The summed E-state index contributed by atoms with van der Waals surface area (Å²) in [7, 11) is 3.98. The number of rotatable bonds is 3. The number of primary amides is 1. The molecule has 0 radical (unpaired) electrons. The highest BCUT2D eigenvalue weighted by molar-refractivity contribution is 6.01. The van der Waals surface area contributed by atoms with Gasteiger partial charge in [-0.1, -0.05) is 18.2 Å². The van der Waals surface area contributed by atoms with Crippen LogP contribution in [0.4, 0.5) is 5.69 Å². The zero-order chi connectivity index (χ0) is 14.7. The Hall–Kier alpha value is -2.80. The molecule has 0 fully saturated rings. The predicted molar refractivity (Wildman–Crippen MR) is 81.1 cm³/mol. The van der Waals surface area contributed by atoms with Crippen molar-refractivity contribution in [2.24, 2.45) is 5.73 Å². The lowest BCUT2D eigenvalue weighted by atomic mass is 10.0. The van der Waals surface area contributed by atoms with E-state index in [-0.39, 0.29) is 5.57 Å². The van der Waals surface area contributed by atoms with Crippen LogP contribution in [0.5, 0.6) is 0 Å². The molecule has 2 aromatic rings. The van der Waals surface area contributed by atoms with Gasteiger partial charge in [-0.25, -0.2) is 0 Å². The molecule has 0 atom stereocenters. The second kappa shape index (κ2) is 5.45. The number of carbonyl (C=O) groups is 1. The largest absolute Gasteiger partial charge is 0.378 e. The van der Waals surface area contributed by atoms with Crippen molar-refractivity contribution in [3.8, 4) is 6.07 Å². The average Bonchev–Trinajstić information content (AvgIpc) is 2.43. The molecule has 2 N–H and O–H groups in total. The number of amides is 1. The molecule has 0 aliphatic heterocycles. The summed E-state index contributed by atoms with van der Waals surface area (Å²) in [5.74, 6) is -0.712. The van der Waals surface area contributed by atoms with Crippen LogP contribution in [0.1, 0.15) is 5.56 Å². The van der Waals surface area contributed by atoms with Crippen LogP contribution in [0.15, 0.2) is 42.0 Å². The van der Waals surface area contributed by atoms with E-state index in [0.29, 0.717) is 0 Å². The van der Waals surface area contributed by atoms with Crippen molar-refractivity contribution < 1.29 is 4.79 Å². The molecule has 0 aliphatic carbocycles. The van der Waals surface area contributed by atoms with Crippen LogP contribution in [0, 0.1) is 11.3 Å². The third-order valence-electron chi connectivity index (χ3n) is 3.06. The highest BCUT2D eigenvalue weighted by Gasteiger charge is 2.04. The maximum atomic E-state index is 11.0. The molecular weight excluding hydrogens is 250 g/mol. The van der Waals surface area contributed by atoms with Gasteiger partial charge in [0.25, 0.3) is 5.91 Å². The van der Waals surface area contributed by atoms with Crippen LogP contribution in [0.2, 0.25) is 0 Å². The molecular formula is C16H15N3O. The van der Waals surface area contributed by atoms with Crippen molar-refractivity contribution in [2.75, 3.05) is 19.0 Å². The van der Waals surface area contributed by atoms with Crippen LogP contribution >= 0.6 is 0 Å². The third-order valence-corrected chi connectivity index (χ3v) is 3.06. The average molecular weight is 265 g/mol. The Morgan fingerprint density at radius 1 is 1.20 bits per heavy atom. The molecule has 0 spiro atoms. The zero-order valence-corrected chi connectivity index (χ0v) is 11.4. The molecule has 1 amide bonds. The first-order chi connectivity index (χ1) is 9.51. The minimum Gasteiger partial charge on any atom is -0.378 e. The van der Waals surface area contributed by atoms with Crippen molar-refractivity contribution in [3.63, 3.8) is 0 Å². The van der Waals surface area contributed by atoms with Gasteiger partial charge in [-0.05, 0) is 40.6 Å². The Morgan fingerprint density at radius 3 is 2.45 bits per heavy atom. The zero-order valence-electron chi connectivity index (χ0n) is 11.4. The minimum atomic E-state index is -0.712. The Balaban J connectivity index is 2.48. The molecule has 0 saturated carbocycles. The van der Waals surface area contributed by atoms with Gasteiger partial charge in [-0.15, -0.1) is 0 Å². The number of hydrogen-bond acceptors (Lipinski definition) is 3. The molecule has 2 aromatic carbocycles. The van der Waals surface area contributed by atoms with E-state index in [4.69, 9.17) is 11.0 Å². The van der Waals surface area contributed by atoms with E-state index in [1.807, 2.05) is 49.3 Å². The van der Waals surface area contributed by atoms with Gasteiger partial charge < -0.3 is 10.6 Å². The van der Waals surface area contributed by atoms with Gasteiger partial charge in [0.15, 0.2) is 0 Å². The first-order valence-electron chi connectivity index (χ1n) is 6.14. The predicted octanol–water partition coefficient (Wildman–Crippen LogP) is 2.30. The van der Waals surface area contributed by atoms with Crippen LogP contribution in [-0.4, -0.2) is 20.0 Å². The molecule has 20 heavy (non-hydrogen) atoms. The summed E-state index contributed by atoms with van der Waals surface area (Å²) >= 11 is 0. The normalized spacial score (nSPS) is 11.2. The number of nitrogens with two attached hydrogens (primary N) is 1. The lowest BCUT2D eigenvalue weighted by Crippen LogP contribution is -2.12. The number of hydrogen-bond donors (Lipinski definition) is 1. The van der Waals surface area contributed by atoms with E-state index in [2.05, 4.69) is 6.07 Å². The van der Waals surface area contributed by atoms with Crippen molar-refractivity contribution in [1.29, 1.82) is 5.26 Å². The summed E-state index contributed by atoms with van der Waals surface area (Å²) in [6, 6.07) is 13.7. The molecule has 0 aromatic heterocycles. The number of nitrogens with zero attached hydrogens (tertiary/aromatic N) is 2. The summed E-state index contributed by atoms with van der Waals surface area (Å²) in [6.07, 6.45) is 1.50. The lowest BCUT2D eigenvalue weighted by Gasteiger charge is -2.13. The van der Waals surface area contributed by atoms with Crippen molar-refractivity contribution in [2.45, 2.75) is 0 Å². The van der Waals surface area contributed by atoms with Crippen LogP contribution < -0.4 is 10.6 Å². The first kappa shape index (κ1) is 13.6. The Bertz CT molecular complexity index is 739. The molecule has 2 rings (SSSR count). The topological polar surface area (TPSA) is 70.1 Å². The number of benzene rings is 2. The van der Waals surface area contributed by atoms with Crippen LogP contribution in [0.25, 0.3) is 16.8 Å². The quantitative estimate of drug-likeness (QED) is 0.683. The molecule has 0 saturated heterocycles. The lowest BCUT2D eigenvalue weighted by molar-refractivity contribution is -0.114. The first-order valence-corrected chi connectivity index (χ1v) is 6.14. The van der Waals surface area contributed by atoms with E-state index in [0.717, 1.165) is 22.0 Å². The maximum absolute atomic E-state index is 11.0. The fourth-order valence-corrected chi connectivity index (χ4v) is 1.94. The van der Waals surface area contributed by atoms with Crippen LogP contribution in [-0.2, 0) is 4.79 Å².